The largest absolute Gasteiger partial charge is 0.380 e. The van der Waals surface area contributed by atoms with E-state index in [2.05, 4.69) is 48.9 Å². The number of halogens is 3. The van der Waals surface area contributed by atoms with Crippen LogP contribution in [0.2, 0.25) is 5.15 Å². The summed E-state index contributed by atoms with van der Waals surface area (Å²) in [5.74, 6) is 0.860. The third kappa shape index (κ3) is 6.01. The van der Waals surface area contributed by atoms with Crippen LogP contribution in [0.25, 0.3) is 10.9 Å². The molecule has 0 N–H and O–H groups in total. The van der Waals surface area contributed by atoms with E-state index in [0.717, 1.165) is 25.3 Å². The first-order chi connectivity index (χ1) is 13.1. The Hall–Kier alpha value is -0.960. The van der Waals surface area contributed by atoms with E-state index in [4.69, 9.17) is 16.3 Å². The molecular weight excluding hydrogens is 455 g/mol. The van der Waals surface area contributed by atoms with Gasteiger partial charge in [-0.2, -0.15) is 0 Å². The minimum atomic E-state index is -0.613. The van der Waals surface area contributed by atoms with Gasteiger partial charge in [0, 0.05) is 19.7 Å². The van der Waals surface area contributed by atoms with Gasteiger partial charge in [0.1, 0.15) is 15.9 Å². The van der Waals surface area contributed by atoms with Gasteiger partial charge >= 0.3 is 0 Å². The van der Waals surface area contributed by atoms with E-state index in [-0.39, 0.29) is 10.7 Å². The van der Waals surface area contributed by atoms with Crippen molar-refractivity contribution < 1.29 is 9.13 Å². The van der Waals surface area contributed by atoms with E-state index in [1.54, 1.807) is 0 Å². The lowest BCUT2D eigenvalue weighted by atomic mass is 10.2. The topological polar surface area (TPSA) is 51.1 Å². The van der Waals surface area contributed by atoms with Crippen LogP contribution in [0.15, 0.2) is 22.9 Å². The number of ether oxygens (including phenoxy) is 1. The molecule has 1 aliphatic rings. The van der Waals surface area contributed by atoms with Crippen LogP contribution < -0.4 is 4.90 Å². The normalized spacial score (nSPS) is 13.9. The SMILES string of the molecule is C=C.CC.CCSc1nc(N2CCCOCC2)c2c(Br)nc(Cl)c(F)c2n1. The van der Waals surface area contributed by atoms with Crippen LogP contribution >= 0.6 is 39.3 Å². The molecule has 3 heterocycles. The predicted molar refractivity (Wildman–Crippen MR) is 117 cm³/mol. The van der Waals surface area contributed by atoms with Gasteiger partial charge < -0.3 is 9.64 Å². The molecule has 0 saturated carbocycles. The number of hydrogen-bond donors (Lipinski definition) is 0. The van der Waals surface area contributed by atoms with Gasteiger partial charge in [-0.1, -0.05) is 44.1 Å². The molecule has 1 aliphatic heterocycles. The van der Waals surface area contributed by atoms with Crippen molar-refractivity contribution in [3.8, 4) is 0 Å². The van der Waals surface area contributed by atoms with Crippen LogP contribution in [0.1, 0.15) is 27.2 Å². The molecule has 27 heavy (non-hydrogen) atoms. The number of nitrogens with zero attached hydrogens (tertiary/aromatic N) is 4. The molecule has 0 bridgehead atoms. The lowest BCUT2D eigenvalue weighted by Crippen LogP contribution is -2.27. The number of fused-ring (bicyclic) bond motifs is 1. The van der Waals surface area contributed by atoms with E-state index in [9.17, 15) is 4.39 Å². The molecule has 0 spiro atoms. The maximum absolute atomic E-state index is 14.5. The lowest BCUT2D eigenvalue weighted by molar-refractivity contribution is 0.152. The van der Waals surface area contributed by atoms with E-state index < -0.39 is 5.82 Å². The van der Waals surface area contributed by atoms with Crippen molar-refractivity contribution in [3.05, 3.63) is 28.7 Å². The number of anilines is 1. The standard InChI is InChI=1S/C14H15BrClFN4OS.C2H6.C2H4/c1-2-23-14-18-10-8(11(15)19-12(16)9(10)17)13(20-14)21-4-3-6-22-7-5-21;2*1-2/h2-7H2,1H3;1-2H3;1-2H2. The van der Waals surface area contributed by atoms with Gasteiger partial charge in [-0.3, -0.25) is 0 Å². The van der Waals surface area contributed by atoms with Gasteiger partial charge in [-0.25, -0.2) is 19.3 Å². The third-order valence-electron chi connectivity index (χ3n) is 3.46. The molecular formula is C18H25BrClFN4OS. The molecule has 2 aromatic rings. The zero-order valence-electron chi connectivity index (χ0n) is 15.9. The first kappa shape index (κ1) is 24.1. The molecule has 0 atom stereocenters. The van der Waals surface area contributed by atoms with Crippen molar-refractivity contribution in [2.75, 3.05) is 37.0 Å². The molecule has 0 aromatic carbocycles. The molecule has 5 nitrogen and oxygen atoms in total. The van der Waals surface area contributed by atoms with Crippen molar-refractivity contribution in [2.24, 2.45) is 0 Å². The third-order valence-corrected chi connectivity index (χ3v) is 5.01. The van der Waals surface area contributed by atoms with Crippen molar-refractivity contribution in [1.82, 2.24) is 15.0 Å². The monoisotopic (exact) mass is 478 g/mol. The molecule has 0 aliphatic carbocycles. The Kier molecular flexibility index (Phi) is 11.1. The second kappa shape index (κ2) is 12.5. The molecule has 0 unspecified atom stereocenters. The Balaban J connectivity index is 0.000000855. The summed E-state index contributed by atoms with van der Waals surface area (Å²) < 4.78 is 20.4. The number of thioether (sulfide) groups is 1. The van der Waals surface area contributed by atoms with Crippen LogP contribution in [0.4, 0.5) is 10.2 Å². The average molecular weight is 480 g/mol. The van der Waals surface area contributed by atoms with Gasteiger partial charge in [-0.15, -0.1) is 13.2 Å². The summed E-state index contributed by atoms with van der Waals surface area (Å²) in [6.45, 7) is 14.8. The van der Waals surface area contributed by atoms with Gasteiger partial charge in [-0.05, 0) is 28.1 Å². The first-order valence-corrected chi connectivity index (χ1v) is 10.9. The maximum atomic E-state index is 14.5. The van der Waals surface area contributed by atoms with Crippen molar-refractivity contribution in [3.63, 3.8) is 0 Å². The highest BCUT2D eigenvalue weighted by molar-refractivity contribution is 9.10. The lowest BCUT2D eigenvalue weighted by Gasteiger charge is -2.23. The smallest absolute Gasteiger partial charge is 0.190 e. The minimum absolute atomic E-state index is 0.194. The van der Waals surface area contributed by atoms with Gasteiger partial charge in [0.2, 0.25) is 0 Å². The average Bonchev–Trinajstić information content (AvgIpc) is 2.98. The molecule has 0 radical (unpaired) electrons. The second-order valence-electron chi connectivity index (χ2n) is 4.95. The molecule has 2 aromatic heterocycles. The first-order valence-electron chi connectivity index (χ1n) is 8.79. The van der Waals surface area contributed by atoms with Crippen molar-refractivity contribution in [1.29, 1.82) is 0 Å². The molecule has 9 heteroatoms. The van der Waals surface area contributed by atoms with Gasteiger partial charge in [0.05, 0.1) is 12.0 Å². The van der Waals surface area contributed by atoms with E-state index in [0.29, 0.717) is 34.1 Å². The van der Waals surface area contributed by atoms with Crippen LogP contribution in [0, 0.1) is 5.82 Å². The Bertz CT molecular complexity index is 745. The van der Waals surface area contributed by atoms with E-state index >= 15 is 0 Å². The summed E-state index contributed by atoms with van der Waals surface area (Å²) in [4.78, 5) is 15.1. The summed E-state index contributed by atoms with van der Waals surface area (Å²) in [5, 5.41) is 0.892. The number of aromatic nitrogens is 3. The van der Waals surface area contributed by atoms with Crippen LogP contribution in [-0.2, 0) is 4.74 Å². The van der Waals surface area contributed by atoms with E-state index in [1.807, 2.05) is 20.8 Å². The maximum Gasteiger partial charge on any atom is 0.190 e. The predicted octanol–water partition coefficient (Wildman–Crippen LogP) is 5.75. The quantitative estimate of drug-likeness (QED) is 0.242. The fraction of sp³-hybridized carbons (Fsp3) is 0.500. The Morgan fingerprint density at radius 2 is 1.93 bits per heavy atom. The number of pyridine rings is 1. The highest BCUT2D eigenvalue weighted by atomic mass is 79.9. The zero-order valence-corrected chi connectivity index (χ0v) is 19.1. The Morgan fingerprint density at radius 3 is 2.59 bits per heavy atom. The number of hydrogen-bond acceptors (Lipinski definition) is 6. The molecule has 150 valence electrons. The fourth-order valence-electron chi connectivity index (χ4n) is 2.45. The molecule has 3 rings (SSSR count). The van der Waals surface area contributed by atoms with Crippen LogP contribution in [0.3, 0.4) is 0 Å². The van der Waals surface area contributed by atoms with Crippen LogP contribution in [-0.4, -0.2) is 47.0 Å². The summed E-state index contributed by atoms with van der Waals surface area (Å²) >= 11 is 10.7. The van der Waals surface area contributed by atoms with Crippen molar-refractivity contribution in [2.45, 2.75) is 32.3 Å². The Morgan fingerprint density at radius 1 is 1.22 bits per heavy atom. The molecule has 0 amide bonds. The highest BCUT2D eigenvalue weighted by Crippen LogP contribution is 2.35. The zero-order chi connectivity index (χ0) is 20.4. The van der Waals surface area contributed by atoms with Crippen molar-refractivity contribution >= 4 is 56.0 Å². The second-order valence-corrected chi connectivity index (χ2v) is 7.29. The summed E-state index contributed by atoms with van der Waals surface area (Å²) in [5.41, 5.74) is 0.197. The summed E-state index contributed by atoms with van der Waals surface area (Å²) in [7, 11) is 0. The molecule has 1 saturated heterocycles. The fourth-order valence-corrected chi connectivity index (χ4v) is 3.83. The van der Waals surface area contributed by atoms with Gasteiger partial charge in [0.15, 0.2) is 16.1 Å². The van der Waals surface area contributed by atoms with Gasteiger partial charge in [0.25, 0.3) is 0 Å². The minimum Gasteiger partial charge on any atom is -0.380 e. The van der Waals surface area contributed by atoms with Crippen LogP contribution in [0.5, 0.6) is 0 Å². The molecule has 1 fully saturated rings. The Labute approximate surface area is 177 Å². The highest BCUT2D eigenvalue weighted by Gasteiger charge is 2.22. The number of rotatable bonds is 3. The summed E-state index contributed by atoms with van der Waals surface area (Å²) in [6, 6.07) is 0. The van der Waals surface area contributed by atoms with E-state index in [1.165, 1.54) is 11.8 Å². The summed E-state index contributed by atoms with van der Waals surface area (Å²) in [6.07, 6.45) is 0.892.